The van der Waals surface area contributed by atoms with Gasteiger partial charge in [0, 0.05) is 6.92 Å². The van der Waals surface area contributed by atoms with Gasteiger partial charge in [-0.15, -0.1) is 11.6 Å². The highest BCUT2D eigenvalue weighted by molar-refractivity contribution is 6.26. The van der Waals surface area contributed by atoms with E-state index in [-0.39, 0.29) is 12.5 Å². The molecule has 138 valence electrons. The second-order valence-corrected chi connectivity index (χ2v) is 5.92. The van der Waals surface area contributed by atoms with Crippen molar-refractivity contribution in [3.8, 4) is 0 Å². The van der Waals surface area contributed by atoms with Crippen LogP contribution in [0.2, 0.25) is 0 Å². The summed E-state index contributed by atoms with van der Waals surface area (Å²) in [4.78, 5) is 23.0. The maximum atomic E-state index is 11.7. The minimum atomic E-state index is -1.44. The third-order valence-corrected chi connectivity index (χ3v) is 3.93. The molecule has 2 rings (SSSR count). The largest absolute Gasteiger partial charge is 0.454 e. The van der Waals surface area contributed by atoms with Crippen molar-refractivity contribution < 1.29 is 33.6 Å². The Labute approximate surface area is 150 Å². The fraction of sp³-hybridized carbons (Fsp3) is 0.529. The molecule has 1 aliphatic rings. The van der Waals surface area contributed by atoms with Gasteiger partial charge in [-0.2, -0.15) is 0 Å². The maximum Gasteiger partial charge on any atom is 0.321 e. The van der Waals surface area contributed by atoms with E-state index in [9.17, 15) is 14.7 Å². The van der Waals surface area contributed by atoms with Gasteiger partial charge < -0.3 is 24.1 Å². The summed E-state index contributed by atoms with van der Waals surface area (Å²) in [7, 11) is 0. The molecule has 1 heterocycles. The van der Waals surface area contributed by atoms with Crippen LogP contribution in [0.25, 0.3) is 0 Å². The number of halogens is 1. The van der Waals surface area contributed by atoms with Crippen LogP contribution in [0.4, 0.5) is 0 Å². The molecule has 0 amide bonds. The smallest absolute Gasteiger partial charge is 0.321 e. The van der Waals surface area contributed by atoms with Crippen molar-refractivity contribution in [1.29, 1.82) is 0 Å². The second kappa shape index (κ2) is 9.15. The van der Waals surface area contributed by atoms with Gasteiger partial charge in [-0.3, -0.25) is 9.59 Å². The first kappa shape index (κ1) is 19.7. The lowest BCUT2D eigenvalue weighted by Gasteiger charge is -2.42. The summed E-state index contributed by atoms with van der Waals surface area (Å²) in [5, 5.41) is 10.1. The average Bonchev–Trinajstić information content (AvgIpc) is 2.58. The Kier molecular flexibility index (Phi) is 7.19. The van der Waals surface area contributed by atoms with E-state index in [2.05, 4.69) is 0 Å². The van der Waals surface area contributed by atoms with Crippen molar-refractivity contribution in [2.45, 2.75) is 51.2 Å². The van der Waals surface area contributed by atoms with E-state index in [1.165, 1.54) is 6.92 Å². The van der Waals surface area contributed by atoms with E-state index < -0.39 is 42.6 Å². The van der Waals surface area contributed by atoms with Crippen LogP contribution in [0, 0.1) is 0 Å². The van der Waals surface area contributed by atoms with Crippen molar-refractivity contribution >= 4 is 23.5 Å². The molecule has 1 aromatic carbocycles. The Bertz CT molecular complexity index is 580. The number of aliphatic hydroxyl groups is 1. The first-order valence-corrected chi connectivity index (χ1v) is 8.37. The third-order valence-electron chi connectivity index (χ3n) is 3.71. The van der Waals surface area contributed by atoms with Gasteiger partial charge in [-0.25, -0.2) is 0 Å². The zero-order chi connectivity index (χ0) is 18.4. The molecule has 7 nitrogen and oxygen atoms in total. The summed E-state index contributed by atoms with van der Waals surface area (Å²) in [6, 6.07) is 9.39. The van der Waals surface area contributed by atoms with Gasteiger partial charge >= 0.3 is 11.9 Å². The van der Waals surface area contributed by atoms with Crippen LogP contribution in [0.5, 0.6) is 0 Å². The Morgan fingerprint density at radius 1 is 1.16 bits per heavy atom. The predicted molar refractivity (Wildman–Crippen MR) is 87.7 cm³/mol. The van der Waals surface area contributed by atoms with Crippen molar-refractivity contribution in [2.24, 2.45) is 0 Å². The van der Waals surface area contributed by atoms with E-state index in [1.807, 2.05) is 30.3 Å². The monoisotopic (exact) mass is 372 g/mol. The summed E-state index contributed by atoms with van der Waals surface area (Å²) >= 11 is 5.50. The topological polar surface area (TPSA) is 91.3 Å². The van der Waals surface area contributed by atoms with Gasteiger partial charge in [0.25, 0.3) is 0 Å². The molecular formula is C17H21ClO7. The SMILES string of the molecule is CC(=O)O[C@H]1C(O)O[C@@H](C)[C@H](OCc2ccccc2)[C@H]1OC(=O)CCl. The standard InChI is InChI=1S/C17H21ClO7/c1-10-14(22-9-12-6-4-3-5-7-12)15(25-13(20)8-18)16(17(21)23-10)24-11(2)19/h3-7,10,14-17,21H,8-9H2,1-2H3/t10-,14-,15+,16+,17?/m0/s1. The Morgan fingerprint density at radius 3 is 2.44 bits per heavy atom. The van der Waals surface area contributed by atoms with E-state index in [0.717, 1.165) is 5.56 Å². The van der Waals surface area contributed by atoms with Gasteiger partial charge in [0.1, 0.15) is 12.0 Å². The Morgan fingerprint density at radius 2 is 1.84 bits per heavy atom. The number of carbonyl (C=O) groups excluding carboxylic acids is 2. The molecule has 5 atom stereocenters. The molecule has 1 N–H and O–H groups in total. The van der Waals surface area contributed by atoms with Crippen LogP contribution < -0.4 is 0 Å². The molecule has 0 bridgehead atoms. The molecule has 1 aromatic rings. The first-order valence-electron chi connectivity index (χ1n) is 7.84. The molecule has 1 saturated heterocycles. The van der Waals surface area contributed by atoms with Gasteiger partial charge in [0.05, 0.1) is 12.7 Å². The summed E-state index contributed by atoms with van der Waals surface area (Å²) < 4.78 is 21.6. The van der Waals surface area contributed by atoms with E-state index in [0.29, 0.717) is 0 Å². The van der Waals surface area contributed by atoms with Crippen molar-refractivity contribution in [3.05, 3.63) is 35.9 Å². The van der Waals surface area contributed by atoms with Crippen LogP contribution in [0.15, 0.2) is 30.3 Å². The number of benzene rings is 1. The quantitative estimate of drug-likeness (QED) is 0.596. The van der Waals surface area contributed by atoms with Crippen molar-refractivity contribution in [3.63, 3.8) is 0 Å². The number of carbonyl (C=O) groups is 2. The summed E-state index contributed by atoms with van der Waals surface area (Å²) in [5.74, 6) is -1.73. The second-order valence-electron chi connectivity index (χ2n) is 5.66. The van der Waals surface area contributed by atoms with E-state index in [4.69, 9.17) is 30.5 Å². The molecule has 0 saturated carbocycles. The third kappa shape index (κ3) is 5.40. The molecule has 8 heteroatoms. The lowest BCUT2D eigenvalue weighted by Crippen LogP contribution is -2.60. The van der Waals surface area contributed by atoms with Crippen LogP contribution in [0.1, 0.15) is 19.4 Å². The van der Waals surface area contributed by atoms with Crippen molar-refractivity contribution in [2.75, 3.05) is 5.88 Å². The van der Waals surface area contributed by atoms with Gasteiger partial charge in [0.15, 0.2) is 18.5 Å². The Hall–Kier alpha value is -1.67. The highest BCUT2D eigenvalue weighted by atomic mass is 35.5. The lowest BCUT2D eigenvalue weighted by atomic mass is 9.99. The number of hydrogen-bond acceptors (Lipinski definition) is 7. The highest BCUT2D eigenvalue weighted by Crippen LogP contribution is 2.28. The van der Waals surface area contributed by atoms with E-state index >= 15 is 0 Å². The summed E-state index contributed by atoms with van der Waals surface area (Å²) in [5.41, 5.74) is 0.910. The van der Waals surface area contributed by atoms with E-state index in [1.54, 1.807) is 6.92 Å². The van der Waals surface area contributed by atoms with Gasteiger partial charge in [0.2, 0.25) is 0 Å². The minimum Gasteiger partial charge on any atom is -0.454 e. The molecular weight excluding hydrogens is 352 g/mol. The van der Waals surface area contributed by atoms with Crippen LogP contribution in [-0.2, 0) is 35.1 Å². The number of rotatable bonds is 6. The zero-order valence-corrected chi connectivity index (χ0v) is 14.7. The normalized spacial score (nSPS) is 29.0. The average molecular weight is 373 g/mol. The minimum absolute atomic E-state index is 0.233. The Balaban J connectivity index is 2.18. The fourth-order valence-electron chi connectivity index (χ4n) is 2.62. The number of aliphatic hydroxyl groups excluding tert-OH is 1. The number of ether oxygens (including phenoxy) is 4. The van der Waals surface area contributed by atoms with Gasteiger partial charge in [-0.05, 0) is 12.5 Å². The number of esters is 2. The zero-order valence-electron chi connectivity index (χ0n) is 14.0. The molecule has 25 heavy (non-hydrogen) atoms. The summed E-state index contributed by atoms with van der Waals surface area (Å²) in [6.45, 7) is 3.09. The maximum absolute atomic E-state index is 11.7. The molecule has 0 aliphatic carbocycles. The lowest BCUT2D eigenvalue weighted by molar-refractivity contribution is -0.293. The molecule has 0 radical (unpaired) electrons. The first-order chi connectivity index (χ1) is 11.9. The summed E-state index contributed by atoms with van der Waals surface area (Å²) in [6.07, 6.45) is -5.04. The molecule has 0 spiro atoms. The molecule has 1 unspecified atom stereocenters. The van der Waals surface area contributed by atoms with Gasteiger partial charge in [-0.1, -0.05) is 30.3 Å². The highest BCUT2D eigenvalue weighted by Gasteiger charge is 2.48. The predicted octanol–water partition coefficient (Wildman–Crippen LogP) is 1.39. The van der Waals surface area contributed by atoms with Crippen molar-refractivity contribution in [1.82, 2.24) is 0 Å². The van der Waals surface area contributed by atoms with Crippen LogP contribution in [0.3, 0.4) is 0 Å². The number of alkyl halides is 1. The fourth-order valence-corrected chi connectivity index (χ4v) is 2.69. The molecule has 1 aliphatic heterocycles. The number of hydrogen-bond donors (Lipinski definition) is 1. The van der Waals surface area contributed by atoms with Crippen LogP contribution in [-0.4, -0.2) is 53.6 Å². The van der Waals surface area contributed by atoms with Crippen LogP contribution >= 0.6 is 11.6 Å². The molecule has 1 fully saturated rings. The molecule has 0 aromatic heterocycles.